The third kappa shape index (κ3) is 22.1. The molecule has 0 bridgehead atoms. The Morgan fingerprint density at radius 3 is 0.804 bits per heavy atom. The topological polar surface area (TPSA) is 233 Å². The third-order valence-electron chi connectivity index (χ3n) is 7.85. The molecule has 12 N–H and O–H groups in total. The summed E-state index contributed by atoms with van der Waals surface area (Å²) in [5.74, 6) is -0.0548. The molecular weight excluding hydrogens is 592 g/mol. The first-order valence-corrected chi connectivity index (χ1v) is 17.1. The van der Waals surface area contributed by atoms with Crippen LogP contribution in [0.4, 0.5) is 0 Å². The Labute approximate surface area is 276 Å². The summed E-state index contributed by atoms with van der Waals surface area (Å²) in [6.07, 6.45) is 3.30. The van der Waals surface area contributed by atoms with Crippen molar-refractivity contribution in [2.24, 2.45) is 22.9 Å². The lowest BCUT2D eigenvalue weighted by Gasteiger charge is -2.32. The molecule has 1 fully saturated rings. The lowest BCUT2D eigenvalue weighted by atomic mass is 10.2. The maximum Gasteiger partial charge on any atom is 0.221 e. The Kier molecular flexibility index (Phi) is 25.0. The number of rotatable bonds is 20. The number of amides is 4. The van der Waals surface area contributed by atoms with E-state index in [1.165, 1.54) is 0 Å². The van der Waals surface area contributed by atoms with Crippen molar-refractivity contribution in [1.82, 2.24) is 40.9 Å². The molecular formula is C30H64N12O4. The van der Waals surface area contributed by atoms with Crippen molar-refractivity contribution < 1.29 is 19.2 Å². The Hall–Kier alpha value is -2.44. The second-order valence-corrected chi connectivity index (χ2v) is 11.6. The summed E-state index contributed by atoms with van der Waals surface area (Å²) in [5, 5.41) is 11.4. The van der Waals surface area contributed by atoms with Gasteiger partial charge in [0.1, 0.15) is 0 Å². The zero-order valence-corrected chi connectivity index (χ0v) is 28.1. The van der Waals surface area contributed by atoms with Crippen LogP contribution >= 0.6 is 0 Å². The quantitative estimate of drug-likeness (QED) is 0.0624. The van der Waals surface area contributed by atoms with Gasteiger partial charge in [-0.15, -0.1) is 0 Å². The van der Waals surface area contributed by atoms with Gasteiger partial charge in [-0.05, 0) is 39.0 Å². The van der Waals surface area contributed by atoms with Crippen molar-refractivity contribution >= 4 is 23.6 Å². The second-order valence-electron chi connectivity index (χ2n) is 11.6. The number of hydrogen-bond acceptors (Lipinski definition) is 12. The molecule has 1 rings (SSSR count). The predicted molar refractivity (Wildman–Crippen MR) is 182 cm³/mol. The molecule has 1 aliphatic heterocycles. The van der Waals surface area contributed by atoms with E-state index < -0.39 is 0 Å². The summed E-state index contributed by atoms with van der Waals surface area (Å²) in [7, 11) is 0. The third-order valence-corrected chi connectivity index (χ3v) is 7.85. The van der Waals surface area contributed by atoms with E-state index in [-0.39, 0.29) is 23.6 Å². The molecule has 16 heteroatoms. The van der Waals surface area contributed by atoms with E-state index >= 15 is 0 Å². The van der Waals surface area contributed by atoms with E-state index in [2.05, 4.69) is 40.9 Å². The molecule has 0 aliphatic carbocycles. The molecule has 0 spiro atoms. The largest absolute Gasteiger partial charge is 0.355 e. The number of nitrogens with two attached hydrogens (primary N) is 4. The molecule has 0 aromatic rings. The van der Waals surface area contributed by atoms with Crippen LogP contribution < -0.4 is 44.2 Å². The van der Waals surface area contributed by atoms with Crippen LogP contribution in [0.25, 0.3) is 0 Å². The first-order valence-electron chi connectivity index (χ1n) is 17.1. The molecule has 4 amide bonds. The zero-order chi connectivity index (χ0) is 33.8. The Morgan fingerprint density at radius 1 is 0.391 bits per heavy atom. The number of hydrogen-bond donors (Lipinski definition) is 8. The van der Waals surface area contributed by atoms with Gasteiger partial charge in [-0.3, -0.25) is 19.2 Å². The molecule has 1 heterocycles. The van der Waals surface area contributed by atoms with Gasteiger partial charge < -0.3 is 63.8 Å². The van der Waals surface area contributed by atoms with E-state index in [0.717, 1.165) is 65.2 Å². The smallest absolute Gasteiger partial charge is 0.221 e. The van der Waals surface area contributed by atoms with Crippen LogP contribution in [0.2, 0.25) is 0 Å². The van der Waals surface area contributed by atoms with Crippen LogP contribution in [0.3, 0.4) is 0 Å². The van der Waals surface area contributed by atoms with E-state index in [4.69, 9.17) is 22.9 Å². The summed E-state index contributed by atoms with van der Waals surface area (Å²) in [5.41, 5.74) is 22.2. The Bertz CT molecular complexity index is 708. The van der Waals surface area contributed by atoms with Gasteiger partial charge in [0.25, 0.3) is 0 Å². The van der Waals surface area contributed by atoms with Crippen molar-refractivity contribution in [2.45, 2.75) is 38.5 Å². The first kappa shape index (κ1) is 41.6. The highest BCUT2D eigenvalue weighted by Crippen LogP contribution is 2.06. The van der Waals surface area contributed by atoms with E-state index in [9.17, 15) is 19.2 Å². The van der Waals surface area contributed by atoms with Crippen LogP contribution in [0.1, 0.15) is 38.5 Å². The number of nitrogens with one attached hydrogen (secondary N) is 4. The summed E-state index contributed by atoms with van der Waals surface area (Å²) in [6, 6.07) is 0. The number of carbonyl (C=O) groups excluding carboxylic acids is 4. The molecule has 0 radical (unpaired) electrons. The van der Waals surface area contributed by atoms with Gasteiger partial charge in [-0.2, -0.15) is 0 Å². The molecule has 268 valence electrons. The van der Waals surface area contributed by atoms with Gasteiger partial charge in [-0.1, -0.05) is 0 Å². The standard InChI is InChI=1S/C30H64N12O4/c31-7-11-35-27(43)3-19-39-15-1-16-40(20-4-28(44)36-12-8-32)24-26-42(22-6-30(46)38-14-10-34)18-2-17-41(25-23-39)21-5-29(45)37-13-9-33/h1-26,31-34H2,(H,35,43)(H,36,44)(H,37,45)(H,38,46). The monoisotopic (exact) mass is 657 g/mol. The zero-order valence-electron chi connectivity index (χ0n) is 28.1. The Morgan fingerprint density at radius 2 is 0.609 bits per heavy atom. The van der Waals surface area contributed by atoms with Gasteiger partial charge in [0.15, 0.2) is 0 Å². The van der Waals surface area contributed by atoms with Gasteiger partial charge in [0.05, 0.1) is 0 Å². The molecule has 0 aromatic heterocycles. The first-order chi connectivity index (χ1) is 22.3. The minimum atomic E-state index is -0.0137. The molecule has 1 saturated heterocycles. The van der Waals surface area contributed by atoms with Gasteiger partial charge in [0, 0.05) is 130 Å². The van der Waals surface area contributed by atoms with Crippen molar-refractivity contribution in [1.29, 1.82) is 0 Å². The van der Waals surface area contributed by atoms with E-state index in [1.54, 1.807) is 0 Å². The van der Waals surface area contributed by atoms with E-state index in [0.29, 0.717) is 104 Å². The fraction of sp³-hybridized carbons (Fsp3) is 0.867. The molecule has 46 heavy (non-hydrogen) atoms. The average molecular weight is 657 g/mol. The van der Waals surface area contributed by atoms with Crippen molar-refractivity contribution in [3.63, 3.8) is 0 Å². The number of carbonyl (C=O) groups is 4. The fourth-order valence-corrected chi connectivity index (χ4v) is 5.18. The van der Waals surface area contributed by atoms with Crippen molar-refractivity contribution in [2.75, 3.05) is 131 Å². The normalized spacial score (nSPS) is 16.8. The molecule has 0 saturated carbocycles. The SMILES string of the molecule is NCCNC(=O)CCN1CCCN(CCC(=O)NCCN)CCN(CCC(=O)NCCN)CCCN(CCC(=O)NCCN)CC1. The molecule has 16 nitrogen and oxygen atoms in total. The minimum Gasteiger partial charge on any atom is -0.355 e. The van der Waals surface area contributed by atoms with Crippen LogP contribution in [0.5, 0.6) is 0 Å². The molecule has 0 unspecified atom stereocenters. The van der Waals surface area contributed by atoms with Crippen LogP contribution in [-0.4, -0.2) is 174 Å². The lowest BCUT2D eigenvalue weighted by molar-refractivity contribution is -0.122. The number of nitrogens with zero attached hydrogens (tertiary/aromatic N) is 4. The molecule has 0 aromatic carbocycles. The molecule has 1 aliphatic rings. The highest BCUT2D eigenvalue weighted by molar-refractivity contribution is 5.77. The average Bonchev–Trinajstić information content (AvgIpc) is 3.05. The summed E-state index contributed by atoms with van der Waals surface area (Å²) in [6.45, 7) is 12.2. The van der Waals surface area contributed by atoms with Crippen LogP contribution in [0, 0.1) is 0 Å². The summed E-state index contributed by atoms with van der Waals surface area (Å²) >= 11 is 0. The molecule has 0 atom stereocenters. The van der Waals surface area contributed by atoms with Crippen molar-refractivity contribution in [3.8, 4) is 0 Å². The van der Waals surface area contributed by atoms with Crippen molar-refractivity contribution in [3.05, 3.63) is 0 Å². The maximum atomic E-state index is 12.3. The lowest BCUT2D eigenvalue weighted by Crippen LogP contribution is -2.44. The Balaban J connectivity index is 2.99. The second kappa shape index (κ2) is 27.7. The highest BCUT2D eigenvalue weighted by Gasteiger charge is 2.17. The van der Waals surface area contributed by atoms with Gasteiger partial charge in [-0.25, -0.2) is 0 Å². The highest BCUT2D eigenvalue weighted by atomic mass is 16.2. The summed E-state index contributed by atoms with van der Waals surface area (Å²) in [4.78, 5) is 58.6. The van der Waals surface area contributed by atoms with Gasteiger partial charge >= 0.3 is 0 Å². The van der Waals surface area contributed by atoms with Crippen LogP contribution in [0.15, 0.2) is 0 Å². The fourth-order valence-electron chi connectivity index (χ4n) is 5.18. The summed E-state index contributed by atoms with van der Waals surface area (Å²) < 4.78 is 0. The van der Waals surface area contributed by atoms with Gasteiger partial charge in [0.2, 0.25) is 23.6 Å². The van der Waals surface area contributed by atoms with E-state index in [1.807, 2.05) is 0 Å². The van der Waals surface area contributed by atoms with Crippen LogP contribution in [-0.2, 0) is 19.2 Å². The minimum absolute atomic E-state index is 0.0137. The maximum absolute atomic E-state index is 12.3. The predicted octanol–water partition coefficient (Wildman–Crippen LogP) is -4.15.